The Bertz CT molecular complexity index is 1260. The smallest absolute Gasteiger partial charge is 0.264 e. The fourth-order valence-electron chi connectivity index (χ4n) is 3.55. The van der Waals surface area contributed by atoms with Crippen LogP contribution < -0.4 is 10.6 Å². The first-order valence-electron chi connectivity index (χ1n) is 9.79. The van der Waals surface area contributed by atoms with E-state index in [1.807, 2.05) is 12.1 Å². The summed E-state index contributed by atoms with van der Waals surface area (Å²) < 4.78 is 59.9. The van der Waals surface area contributed by atoms with Crippen molar-refractivity contribution in [1.82, 2.24) is 10.1 Å². The maximum Gasteiger partial charge on any atom is 0.264 e. The number of aromatic nitrogens is 2. The normalized spacial score (nSPS) is 18.3. The van der Waals surface area contributed by atoms with E-state index in [-0.39, 0.29) is 40.2 Å². The van der Waals surface area contributed by atoms with Crippen molar-refractivity contribution in [3.05, 3.63) is 58.7 Å². The van der Waals surface area contributed by atoms with Crippen LogP contribution in [0.15, 0.2) is 45.8 Å². The summed E-state index contributed by atoms with van der Waals surface area (Å²) >= 11 is 5.96. The Morgan fingerprint density at radius 2 is 1.97 bits per heavy atom. The molecular weight excluding hydrogens is 462 g/mol. The Kier molecular flexibility index (Phi) is 5.72. The number of hydrogen-bond acceptors (Lipinski definition) is 7. The molecule has 1 atom stereocenters. The molecule has 2 N–H and O–H groups in total. The summed E-state index contributed by atoms with van der Waals surface area (Å²) in [6.07, 6.45) is 0. The van der Waals surface area contributed by atoms with Crippen molar-refractivity contribution in [2.75, 3.05) is 17.2 Å². The third kappa shape index (κ3) is 4.48. The minimum absolute atomic E-state index is 0.102. The fourth-order valence-corrected chi connectivity index (χ4v) is 5.32. The van der Waals surface area contributed by atoms with Crippen LogP contribution in [0, 0.1) is 5.82 Å². The van der Waals surface area contributed by atoms with Crippen molar-refractivity contribution in [3.8, 4) is 11.4 Å². The third-order valence-electron chi connectivity index (χ3n) is 5.07. The van der Waals surface area contributed by atoms with Crippen molar-refractivity contribution >= 4 is 27.1 Å². The van der Waals surface area contributed by atoms with E-state index in [0.29, 0.717) is 11.6 Å². The minimum atomic E-state index is -3.85. The molecule has 1 aromatic heterocycles. The molecule has 0 fully saturated rings. The zero-order chi connectivity index (χ0) is 23.3. The van der Waals surface area contributed by atoms with E-state index in [2.05, 4.69) is 10.1 Å². The van der Waals surface area contributed by atoms with E-state index in [9.17, 15) is 17.2 Å². The van der Waals surface area contributed by atoms with Crippen LogP contribution in [-0.2, 0) is 22.1 Å². The van der Waals surface area contributed by atoms with Crippen molar-refractivity contribution in [2.45, 2.75) is 37.0 Å². The van der Waals surface area contributed by atoms with Crippen molar-refractivity contribution in [3.63, 3.8) is 0 Å². The monoisotopic (exact) mass is 482 g/mol. The third-order valence-corrected chi connectivity index (χ3v) is 7.19. The lowest BCUT2D eigenvalue weighted by Gasteiger charge is -2.26. The zero-order valence-electron chi connectivity index (χ0n) is 17.3. The highest BCUT2D eigenvalue weighted by atomic mass is 35.5. The van der Waals surface area contributed by atoms with Gasteiger partial charge < -0.3 is 15.2 Å². The number of hydrogen-bond donors (Lipinski definition) is 1. The van der Waals surface area contributed by atoms with Crippen molar-refractivity contribution in [2.24, 2.45) is 5.73 Å². The second-order valence-corrected chi connectivity index (χ2v) is 10.7. The lowest BCUT2D eigenvalue weighted by Crippen LogP contribution is -2.39. The van der Waals surface area contributed by atoms with Gasteiger partial charge in [-0.05, 0) is 43.7 Å². The average Bonchev–Trinajstić information content (AvgIpc) is 3.16. The summed E-state index contributed by atoms with van der Waals surface area (Å²) in [6, 6.07) is 8.66. The van der Waals surface area contributed by atoms with Gasteiger partial charge in [-0.2, -0.15) is 4.98 Å². The first-order valence-corrected chi connectivity index (χ1v) is 11.8. The highest BCUT2D eigenvalue weighted by molar-refractivity contribution is 7.91. The van der Waals surface area contributed by atoms with Crippen LogP contribution in [0.2, 0.25) is 5.02 Å². The Morgan fingerprint density at radius 3 is 2.59 bits per heavy atom. The van der Waals surface area contributed by atoms with Gasteiger partial charge in [0.15, 0.2) is 15.5 Å². The van der Waals surface area contributed by atoms with Crippen LogP contribution in [0.3, 0.4) is 0 Å². The first-order chi connectivity index (χ1) is 14.9. The Balaban J connectivity index is 1.84. The first kappa shape index (κ1) is 22.6. The molecule has 0 saturated carbocycles. The molecule has 3 aromatic rings. The van der Waals surface area contributed by atoms with E-state index in [0.717, 1.165) is 11.6 Å². The summed E-state index contributed by atoms with van der Waals surface area (Å²) in [5.41, 5.74) is 5.18. The molecule has 0 unspecified atom stereocenters. The molecule has 32 heavy (non-hydrogen) atoms. The second-order valence-electron chi connectivity index (χ2n) is 8.24. The van der Waals surface area contributed by atoms with Crippen LogP contribution in [0.25, 0.3) is 11.4 Å². The van der Waals surface area contributed by atoms with Crippen molar-refractivity contribution < 1.29 is 21.7 Å². The molecule has 170 valence electrons. The summed E-state index contributed by atoms with van der Waals surface area (Å²) in [4.78, 5) is 5.54. The van der Waals surface area contributed by atoms with Gasteiger partial charge in [-0.1, -0.05) is 28.9 Å². The number of fused-ring (bicyclic) bond motifs is 1. The Labute approximate surface area is 189 Å². The number of rotatable bonds is 4. The molecule has 2 heterocycles. The predicted molar refractivity (Wildman–Crippen MR) is 116 cm³/mol. The molecule has 0 amide bonds. The highest BCUT2D eigenvalue weighted by Gasteiger charge is 2.33. The standard InChI is InChI=1S/C21H21ClF2N4O3S/c1-21(2,24)20-26-19(27-31-20)15-7-17-18(8-16(15)23)32(29,30)11-14(25)10-28(17)9-12-3-5-13(22)6-4-12/h3-8,14H,9-11,25H2,1-2H3/t14-/m1/s1. The van der Waals surface area contributed by atoms with Gasteiger partial charge in [0, 0.05) is 24.2 Å². The van der Waals surface area contributed by atoms with Gasteiger partial charge in [-0.3, -0.25) is 0 Å². The van der Waals surface area contributed by atoms with E-state index >= 15 is 0 Å². The number of halogens is 3. The molecule has 0 radical (unpaired) electrons. The van der Waals surface area contributed by atoms with E-state index in [1.165, 1.54) is 19.9 Å². The second kappa shape index (κ2) is 8.09. The molecule has 0 bridgehead atoms. The molecule has 2 aromatic carbocycles. The van der Waals surface area contributed by atoms with Crippen LogP contribution in [0.1, 0.15) is 25.3 Å². The van der Waals surface area contributed by atoms with Gasteiger partial charge in [0.1, 0.15) is 5.82 Å². The maximum atomic E-state index is 15.0. The van der Waals surface area contributed by atoms with Gasteiger partial charge in [0.2, 0.25) is 5.82 Å². The van der Waals surface area contributed by atoms with Gasteiger partial charge in [-0.25, -0.2) is 17.2 Å². The number of alkyl halides is 1. The van der Waals surface area contributed by atoms with Gasteiger partial charge in [0.25, 0.3) is 5.89 Å². The number of anilines is 1. The molecule has 7 nitrogen and oxygen atoms in total. The molecule has 0 spiro atoms. The topological polar surface area (TPSA) is 102 Å². The van der Waals surface area contributed by atoms with Crippen LogP contribution in [0.5, 0.6) is 0 Å². The van der Waals surface area contributed by atoms with Crippen LogP contribution in [0.4, 0.5) is 14.5 Å². The number of nitrogens with zero attached hydrogens (tertiary/aromatic N) is 3. The molecule has 0 saturated heterocycles. The molecule has 11 heteroatoms. The molecule has 4 rings (SSSR count). The van der Waals surface area contributed by atoms with Gasteiger partial charge in [-0.15, -0.1) is 0 Å². The Morgan fingerprint density at radius 1 is 1.28 bits per heavy atom. The summed E-state index contributed by atoms with van der Waals surface area (Å²) in [7, 11) is -3.85. The quantitative estimate of drug-likeness (QED) is 0.602. The maximum absolute atomic E-state index is 15.0. The minimum Gasteiger partial charge on any atom is -0.365 e. The van der Waals surface area contributed by atoms with Crippen LogP contribution >= 0.6 is 11.6 Å². The van der Waals surface area contributed by atoms with E-state index in [1.54, 1.807) is 17.0 Å². The lowest BCUT2D eigenvalue weighted by molar-refractivity contribution is 0.155. The number of sulfone groups is 1. The molecule has 1 aliphatic heterocycles. The van der Waals surface area contributed by atoms with E-state index < -0.39 is 27.4 Å². The lowest BCUT2D eigenvalue weighted by atomic mass is 10.1. The number of nitrogens with two attached hydrogens (primary N) is 1. The average molecular weight is 483 g/mol. The van der Waals surface area contributed by atoms with Crippen LogP contribution in [-0.4, -0.2) is 36.9 Å². The zero-order valence-corrected chi connectivity index (χ0v) is 18.9. The van der Waals surface area contributed by atoms with Gasteiger partial charge >= 0.3 is 0 Å². The summed E-state index contributed by atoms with van der Waals surface area (Å²) in [5.74, 6) is -1.67. The summed E-state index contributed by atoms with van der Waals surface area (Å²) in [6.45, 7) is 3.00. The molecule has 0 aliphatic carbocycles. The number of benzene rings is 2. The Hall–Kier alpha value is -2.56. The largest absolute Gasteiger partial charge is 0.365 e. The molecule has 1 aliphatic rings. The molecular formula is C21H21ClF2N4O3S. The highest BCUT2D eigenvalue weighted by Crippen LogP contribution is 2.36. The predicted octanol–water partition coefficient (Wildman–Crippen LogP) is 3.85. The van der Waals surface area contributed by atoms with Gasteiger partial charge in [0.05, 0.1) is 21.9 Å². The summed E-state index contributed by atoms with van der Waals surface area (Å²) in [5, 5.41) is 4.25. The SMILES string of the molecule is CC(C)(F)c1nc(-c2cc3c(cc2F)S(=O)(=O)C[C@H](N)CN3Cc2ccc(Cl)cc2)no1. The van der Waals surface area contributed by atoms with E-state index in [4.69, 9.17) is 21.9 Å². The van der Waals surface area contributed by atoms with Crippen molar-refractivity contribution in [1.29, 1.82) is 0 Å². The fraction of sp³-hybridized carbons (Fsp3) is 0.333.